The summed E-state index contributed by atoms with van der Waals surface area (Å²) in [4.78, 5) is 10.7. The van der Waals surface area contributed by atoms with Crippen LogP contribution in [0.4, 0.5) is 0 Å². The second-order valence-corrected chi connectivity index (χ2v) is 3.40. The summed E-state index contributed by atoms with van der Waals surface area (Å²) in [6.07, 6.45) is -0.214. The van der Waals surface area contributed by atoms with E-state index in [1.165, 1.54) is 12.1 Å². The summed E-state index contributed by atoms with van der Waals surface area (Å²) >= 11 is 0. The minimum Gasteiger partial charge on any atom is -0.508 e. The van der Waals surface area contributed by atoms with Gasteiger partial charge in [-0.15, -0.1) is 0 Å². The van der Waals surface area contributed by atoms with Crippen molar-refractivity contribution in [3.05, 3.63) is 23.8 Å². The maximum atomic E-state index is 10.7. The third kappa shape index (κ3) is 3.43. The third-order valence-electron chi connectivity index (χ3n) is 1.88. The second kappa shape index (κ2) is 5.37. The number of phenols is 1. The van der Waals surface area contributed by atoms with Gasteiger partial charge in [0.05, 0.1) is 12.2 Å². The van der Waals surface area contributed by atoms with Crippen molar-refractivity contribution in [2.75, 3.05) is 13.7 Å². The van der Waals surface area contributed by atoms with E-state index in [-0.39, 0.29) is 17.4 Å². The van der Waals surface area contributed by atoms with E-state index >= 15 is 0 Å². The number of phenolic OH excluding ortho intramolecular Hbond substituents is 1. The number of hydrogen-bond acceptors (Lipinski definition) is 4. The minimum absolute atomic E-state index is 0.0142. The maximum Gasteiger partial charge on any atom is 0.335 e. The molecule has 5 heteroatoms. The topological polar surface area (TPSA) is 76.0 Å². The number of benzene rings is 1. The molecule has 0 aliphatic carbocycles. The Labute approximate surface area is 93.2 Å². The Morgan fingerprint density at radius 2 is 2.12 bits per heavy atom. The number of aromatic carboxylic acids is 1. The van der Waals surface area contributed by atoms with E-state index in [1.54, 1.807) is 14.0 Å². The molecule has 0 aliphatic rings. The van der Waals surface area contributed by atoms with Crippen molar-refractivity contribution in [2.45, 2.75) is 13.0 Å². The van der Waals surface area contributed by atoms with Gasteiger partial charge in [0.1, 0.15) is 17.6 Å². The number of carbonyl (C=O) groups is 1. The van der Waals surface area contributed by atoms with Gasteiger partial charge in [-0.3, -0.25) is 0 Å². The molecule has 0 bridgehead atoms. The number of rotatable bonds is 5. The molecule has 0 unspecified atom stereocenters. The first-order valence-corrected chi connectivity index (χ1v) is 4.76. The van der Waals surface area contributed by atoms with Crippen molar-refractivity contribution < 1.29 is 24.5 Å². The van der Waals surface area contributed by atoms with Crippen molar-refractivity contribution in [1.29, 1.82) is 0 Å². The summed E-state index contributed by atoms with van der Waals surface area (Å²) in [5.74, 6) is -0.943. The molecule has 1 atom stereocenters. The molecule has 0 radical (unpaired) electrons. The Bertz CT molecular complexity index is 375. The first-order valence-electron chi connectivity index (χ1n) is 4.76. The molecule has 0 fully saturated rings. The number of carboxylic acids is 1. The Kier molecular flexibility index (Phi) is 4.13. The Balaban J connectivity index is 2.84. The lowest BCUT2D eigenvalue weighted by Gasteiger charge is -2.14. The van der Waals surface area contributed by atoms with E-state index in [0.29, 0.717) is 12.4 Å². The average molecular weight is 226 g/mol. The fourth-order valence-corrected chi connectivity index (χ4v) is 1.28. The standard InChI is InChI=1S/C11H14O5/c1-7(6-15-2)16-10-4-8(11(13)14)3-9(12)5-10/h3-5,7,12H,6H2,1-2H3,(H,13,14)/t7-/m0/s1. The SMILES string of the molecule is COC[C@H](C)Oc1cc(O)cc(C(=O)O)c1. The number of carboxylic acid groups (broad SMARTS) is 1. The van der Waals surface area contributed by atoms with Crippen molar-refractivity contribution in [2.24, 2.45) is 0 Å². The zero-order valence-electron chi connectivity index (χ0n) is 9.14. The molecule has 88 valence electrons. The quantitative estimate of drug-likeness (QED) is 0.795. The molecule has 1 aromatic rings. The molecule has 0 spiro atoms. The Hall–Kier alpha value is -1.75. The molecule has 5 nitrogen and oxygen atoms in total. The predicted octanol–water partition coefficient (Wildman–Crippen LogP) is 1.50. The molecule has 0 aliphatic heterocycles. The largest absolute Gasteiger partial charge is 0.508 e. The number of ether oxygens (including phenoxy) is 2. The van der Waals surface area contributed by atoms with E-state index in [1.807, 2.05) is 0 Å². The molecule has 0 aromatic heterocycles. The van der Waals surface area contributed by atoms with E-state index in [4.69, 9.17) is 14.6 Å². The summed E-state index contributed by atoms with van der Waals surface area (Å²) in [6.45, 7) is 2.17. The zero-order valence-corrected chi connectivity index (χ0v) is 9.14. The Morgan fingerprint density at radius 1 is 1.44 bits per heavy atom. The van der Waals surface area contributed by atoms with Crippen LogP contribution in [0.15, 0.2) is 18.2 Å². The lowest BCUT2D eigenvalue weighted by atomic mass is 10.2. The summed E-state index contributed by atoms with van der Waals surface area (Å²) in [5.41, 5.74) is -0.0142. The van der Waals surface area contributed by atoms with Crippen molar-refractivity contribution >= 4 is 5.97 Å². The van der Waals surface area contributed by atoms with Crippen LogP contribution in [0.5, 0.6) is 11.5 Å². The van der Waals surface area contributed by atoms with Crippen molar-refractivity contribution in [1.82, 2.24) is 0 Å². The van der Waals surface area contributed by atoms with Crippen LogP contribution in [0.1, 0.15) is 17.3 Å². The molecule has 0 saturated heterocycles. The first-order chi connectivity index (χ1) is 7.52. The monoisotopic (exact) mass is 226 g/mol. The predicted molar refractivity (Wildman–Crippen MR) is 57.0 cm³/mol. The van der Waals surface area contributed by atoms with Gasteiger partial charge >= 0.3 is 5.97 Å². The fourth-order valence-electron chi connectivity index (χ4n) is 1.28. The van der Waals surface area contributed by atoms with E-state index in [0.717, 1.165) is 6.07 Å². The van der Waals surface area contributed by atoms with Crippen LogP contribution in [0.25, 0.3) is 0 Å². The van der Waals surface area contributed by atoms with Gasteiger partial charge in [0.2, 0.25) is 0 Å². The van der Waals surface area contributed by atoms with Gasteiger partial charge in [-0.2, -0.15) is 0 Å². The van der Waals surface area contributed by atoms with Crippen LogP contribution in [0.2, 0.25) is 0 Å². The molecule has 2 N–H and O–H groups in total. The average Bonchev–Trinajstić information content (AvgIpc) is 2.16. The van der Waals surface area contributed by atoms with Gasteiger partial charge in [0.25, 0.3) is 0 Å². The fraction of sp³-hybridized carbons (Fsp3) is 0.364. The van der Waals surface area contributed by atoms with Gasteiger partial charge in [-0.05, 0) is 19.1 Å². The molecule has 1 aromatic carbocycles. The van der Waals surface area contributed by atoms with Crippen LogP contribution < -0.4 is 4.74 Å². The highest BCUT2D eigenvalue weighted by molar-refractivity contribution is 5.88. The molecule has 16 heavy (non-hydrogen) atoms. The third-order valence-corrected chi connectivity index (χ3v) is 1.88. The van der Waals surface area contributed by atoms with E-state index in [9.17, 15) is 9.90 Å². The molecule has 0 amide bonds. The summed E-state index contributed by atoms with van der Waals surface area (Å²) in [5, 5.41) is 18.1. The Morgan fingerprint density at radius 3 is 2.69 bits per heavy atom. The van der Waals surface area contributed by atoms with E-state index < -0.39 is 5.97 Å². The van der Waals surface area contributed by atoms with Gasteiger partial charge in [-0.25, -0.2) is 4.79 Å². The zero-order chi connectivity index (χ0) is 12.1. The van der Waals surface area contributed by atoms with Crippen molar-refractivity contribution in [3.8, 4) is 11.5 Å². The summed E-state index contributed by atoms with van der Waals surface area (Å²) in [7, 11) is 1.55. The summed E-state index contributed by atoms with van der Waals surface area (Å²) in [6, 6.07) is 3.88. The van der Waals surface area contributed by atoms with Gasteiger partial charge in [-0.1, -0.05) is 0 Å². The molecule has 1 rings (SSSR count). The maximum absolute atomic E-state index is 10.7. The van der Waals surface area contributed by atoms with Gasteiger partial charge in [0, 0.05) is 13.2 Å². The van der Waals surface area contributed by atoms with E-state index in [2.05, 4.69) is 0 Å². The van der Waals surface area contributed by atoms with Crippen LogP contribution in [-0.2, 0) is 4.74 Å². The van der Waals surface area contributed by atoms with Gasteiger partial charge < -0.3 is 19.7 Å². The molecular formula is C11H14O5. The lowest BCUT2D eigenvalue weighted by Crippen LogP contribution is -2.18. The normalized spacial score (nSPS) is 12.1. The first kappa shape index (κ1) is 12.3. The smallest absolute Gasteiger partial charge is 0.335 e. The highest BCUT2D eigenvalue weighted by Gasteiger charge is 2.09. The molecule has 0 heterocycles. The highest BCUT2D eigenvalue weighted by Crippen LogP contribution is 2.22. The lowest BCUT2D eigenvalue weighted by molar-refractivity contribution is 0.0693. The van der Waals surface area contributed by atoms with Crippen LogP contribution in [0.3, 0.4) is 0 Å². The van der Waals surface area contributed by atoms with Gasteiger partial charge in [0.15, 0.2) is 0 Å². The number of aromatic hydroxyl groups is 1. The minimum atomic E-state index is -1.11. The van der Waals surface area contributed by atoms with Crippen LogP contribution in [-0.4, -0.2) is 36.0 Å². The number of methoxy groups -OCH3 is 1. The van der Waals surface area contributed by atoms with Crippen LogP contribution >= 0.6 is 0 Å². The van der Waals surface area contributed by atoms with Crippen LogP contribution in [0, 0.1) is 0 Å². The number of hydrogen-bond donors (Lipinski definition) is 2. The molecule has 0 saturated carbocycles. The summed E-state index contributed by atoms with van der Waals surface area (Å²) < 4.78 is 10.3. The molecular weight excluding hydrogens is 212 g/mol. The second-order valence-electron chi connectivity index (χ2n) is 3.40. The van der Waals surface area contributed by atoms with Crippen molar-refractivity contribution in [3.63, 3.8) is 0 Å². The highest BCUT2D eigenvalue weighted by atomic mass is 16.5.